The Bertz CT molecular complexity index is 1600. The number of rotatable bonds is 7. The first-order valence-electron chi connectivity index (χ1n) is 12.7. The molecule has 0 aliphatic carbocycles. The predicted molar refractivity (Wildman–Crippen MR) is 149 cm³/mol. The first-order valence-corrected chi connectivity index (χ1v) is 14.7. The third-order valence-electron chi connectivity index (χ3n) is 6.95. The molecule has 5 rings (SSSR count). The van der Waals surface area contributed by atoms with Crippen molar-refractivity contribution in [3.05, 3.63) is 77.0 Å². The fraction of sp³-hybridized carbons (Fsp3) is 0.385. The third-order valence-corrected chi connectivity index (χ3v) is 8.80. The fourth-order valence-corrected chi connectivity index (χ4v) is 6.93. The summed E-state index contributed by atoms with van der Waals surface area (Å²) in [5.74, 6) is -1.51. The van der Waals surface area contributed by atoms with Crippen LogP contribution in [0.25, 0.3) is 0 Å². The highest BCUT2D eigenvalue weighted by Crippen LogP contribution is 2.40. The van der Waals surface area contributed by atoms with E-state index in [-0.39, 0.29) is 25.1 Å². The topological polar surface area (TPSA) is 86.0 Å². The van der Waals surface area contributed by atoms with Crippen molar-refractivity contribution in [1.82, 2.24) is 14.5 Å². The summed E-state index contributed by atoms with van der Waals surface area (Å²) in [6.45, 7) is -3.67. The maximum atomic E-state index is 13.3. The van der Waals surface area contributed by atoms with E-state index in [9.17, 15) is 31.5 Å². The molecule has 1 saturated heterocycles. The molecular weight excluding hydrogens is 666 g/mol. The Balaban J connectivity index is 1.20. The highest BCUT2D eigenvalue weighted by molar-refractivity contribution is 7.10. The van der Waals surface area contributed by atoms with Crippen LogP contribution >= 0.6 is 46.1 Å². The molecule has 1 aromatic carbocycles. The first-order chi connectivity index (χ1) is 20.3. The number of amides is 1. The summed E-state index contributed by atoms with van der Waals surface area (Å²) in [6, 6.07) is 3.33. The highest BCUT2D eigenvalue weighted by atomic mass is 35.5. The molecule has 2 aromatic heterocycles. The van der Waals surface area contributed by atoms with Crippen LogP contribution in [0.5, 0.6) is 5.75 Å². The van der Waals surface area contributed by atoms with E-state index in [2.05, 4.69) is 9.89 Å². The summed E-state index contributed by atoms with van der Waals surface area (Å²) in [5, 5.41) is 7.95. The van der Waals surface area contributed by atoms with E-state index in [1.54, 1.807) is 12.1 Å². The summed E-state index contributed by atoms with van der Waals surface area (Å²) in [4.78, 5) is 36.9. The molecule has 230 valence electrons. The standard InChI is InChI=1S/C26H20Cl3F5N4O4S/c27-13-5-16(28)22(17(29)6-13)20-8-18(36-42-20)19-11-43-23(35-19)12-1-3-37(4-2-12)21(39)10-38-9-14(41-25(30)31)7-15(24(38)40)26(32,33)34/h5-7,9,11-12,20,25H,1-4,8,10H2. The number of benzene rings is 1. The summed E-state index contributed by atoms with van der Waals surface area (Å²) in [6.07, 6.45) is -3.55. The molecule has 0 bridgehead atoms. The number of pyridine rings is 1. The van der Waals surface area contributed by atoms with Crippen molar-refractivity contribution in [2.45, 2.75) is 50.6 Å². The lowest BCUT2D eigenvalue weighted by molar-refractivity contribution is -0.140. The Morgan fingerprint density at radius 2 is 1.81 bits per heavy atom. The molecule has 43 heavy (non-hydrogen) atoms. The van der Waals surface area contributed by atoms with E-state index in [0.717, 1.165) is 5.01 Å². The van der Waals surface area contributed by atoms with Gasteiger partial charge in [-0.3, -0.25) is 9.59 Å². The second-order valence-corrected chi connectivity index (χ2v) is 11.9. The number of aromatic nitrogens is 2. The van der Waals surface area contributed by atoms with Gasteiger partial charge in [-0.05, 0) is 31.0 Å². The number of likely N-dealkylation sites (tertiary alicyclic amines) is 1. The molecule has 0 radical (unpaired) electrons. The summed E-state index contributed by atoms with van der Waals surface area (Å²) in [5.41, 5.74) is -1.42. The van der Waals surface area contributed by atoms with Gasteiger partial charge in [-0.15, -0.1) is 11.3 Å². The van der Waals surface area contributed by atoms with Crippen LogP contribution in [0, 0.1) is 0 Å². The average Bonchev–Trinajstić information content (AvgIpc) is 3.59. The van der Waals surface area contributed by atoms with E-state index < -0.39 is 48.2 Å². The van der Waals surface area contributed by atoms with Crippen molar-refractivity contribution < 1.29 is 36.3 Å². The van der Waals surface area contributed by atoms with Crippen molar-refractivity contribution in [1.29, 1.82) is 0 Å². The lowest BCUT2D eigenvalue weighted by atomic mass is 9.97. The Kier molecular flexibility index (Phi) is 9.21. The van der Waals surface area contributed by atoms with E-state index in [1.807, 2.05) is 5.38 Å². The molecule has 4 heterocycles. The lowest BCUT2D eigenvalue weighted by Gasteiger charge is -2.31. The van der Waals surface area contributed by atoms with Crippen LogP contribution in [0.1, 0.15) is 53.1 Å². The number of halogens is 8. The number of carbonyl (C=O) groups excluding carboxylic acids is 1. The minimum Gasteiger partial charge on any atom is -0.433 e. The minimum absolute atomic E-state index is 0.00370. The Morgan fingerprint density at radius 3 is 2.44 bits per heavy atom. The average molecular weight is 686 g/mol. The zero-order valence-corrected chi connectivity index (χ0v) is 24.8. The smallest absolute Gasteiger partial charge is 0.421 e. The SMILES string of the molecule is O=C(Cn1cc(OC(F)F)cc(C(F)(F)F)c1=O)N1CCC(c2nc(C3=NOC(c4c(Cl)cc(Cl)cc4Cl)C3)cs2)CC1. The van der Waals surface area contributed by atoms with Gasteiger partial charge in [0.2, 0.25) is 5.91 Å². The maximum Gasteiger partial charge on any atom is 0.421 e. The van der Waals surface area contributed by atoms with Gasteiger partial charge >= 0.3 is 12.8 Å². The van der Waals surface area contributed by atoms with Crippen LogP contribution in [0.3, 0.4) is 0 Å². The fourth-order valence-electron chi connectivity index (χ4n) is 4.87. The van der Waals surface area contributed by atoms with Crippen molar-refractivity contribution in [2.24, 2.45) is 5.16 Å². The monoisotopic (exact) mass is 684 g/mol. The lowest BCUT2D eigenvalue weighted by Crippen LogP contribution is -2.41. The van der Waals surface area contributed by atoms with Gasteiger partial charge < -0.3 is 19.0 Å². The minimum atomic E-state index is -5.12. The Hall–Kier alpha value is -2.94. The molecule has 17 heteroatoms. The number of ether oxygens (including phenoxy) is 1. The number of oxime groups is 1. The number of hydrogen-bond acceptors (Lipinski definition) is 7. The molecule has 0 saturated carbocycles. The van der Waals surface area contributed by atoms with Gasteiger partial charge in [0.1, 0.15) is 23.6 Å². The number of carbonyl (C=O) groups is 1. The van der Waals surface area contributed by atoms with Crippen LogP contribution in [-0.4, -0.2) is 45.8 Å². The number of piperidine rings is 1. The van der Waals surface area contributed by atoms with Crippen LogP contribution in [0.15, 0.2) is 39.7 Å². The van der Waals surface area contributed by atoms with Gasteiger partial charge in [-0.2, -0.15) is 22.0 Å². The number of thiazole rings is 1. The highest BCUT2D eigenvalue weighted by Gasteiger charge is 2.36. The summed E-state index contributed by atoms with van der Waals surface area (Å²) < 4.78 is 69.7. The Labute approximate surface area is 259 Å². The van der Waals surface area contributed by atoms with Crippen LogP contribution in [-0.2, 0) is 22.4 Å². The molecular formula is C26H20Cl3F5N4O4S. The second kappa shape index (κ2) is 12.6. The van der Waals surface area contributed by atoms with Crippen LogP contribution < -0.4 is 10.3 Å². The van der Waals surface area contributed by atoms with Gasteiger partial charge in [0.05, 0.1) is 26.9 Å². The van der Waals surface area contributed by atoms with Crippen molar-refractivity contribution >= 4 is 57.8 Å². The van der Waals surface area contributed by atoms with Crippen LogP contribution in [0.2, 0.25) is 15.1 Å². The van der Waals surface area contributed by atoms with E-state index in [4.69, 9.17) is 44.6 Å². The number of hydrogen-bond donors (Lipinski definition) is 0. The third kappa shape index (κ3) is 7.08. The zero-order chi connectivity index (χ0) is 31.1. The number of alkyl halides is 5. The molecule has 1 amide bonds. The summed E-state index contributed by atoms with van der Waals surface area (Å²) >= 11 is 20.0. The first kappa shape index (κ1) is 31.5. The molecule has 0 spiro atoms. The van der Waals surface area contributed by atoms with Gasteiger partial charge in [0.25, 0.3) is 5.56 Å². The molecule has 2 aliphatic heterocycles. The maximum absolute atomic E-state index is 13.3. The van der Waals surface area contributed by atoms with E-state index >= 15 is 0 Å². The van der Waals surface area contributed by atoms with E-state index in [0.29, 0.717) is 62.1 Å². The van der Waals surface area contributed by atoms with Gasteiger partial charge in [-0.1, -0.05) is 40.0 Å². The molecule has 2 aliphatic rings. The predicted octanol–water partition coefficient (Wildman–Crippen LogP) is 7.16. The van der Waals surface area contributed by atoms with Gasteiger partial charge in [-0.25, -0.2) is 4.98 Å². The molecule has 3 aromatic rings. The molecule has 1 fully saturated rings. The zero-order valence-electron chi connectivity index (χ0n) is 21.7. The molecule has 1 unspecified atom stereocenters. The molecule has 8 nitrogen and oxygen atoms in total. The molecule has 0 N–H and O–H groups in total. The largest absolute Gasteiger partial charge is 0.433 e. The van der Waals surface area contributed by atoms with Crippen LogP contribution in [0.4, 0.5) is 22.0 Å². The van der Waals surface area contributed by atoms with Gasteiger partial charge in [0, 0.05) is 41.4 Å². The quantitative estimate of drug-likeness (QED) is 0.247. The number of nitrogens with zero attached hydrogens (tertiary/aromatic N) is 4. The van der Waals surface area contributed by atoms with Crippen molar-refractivity contribution in [3.63, 3.8) is 0 Å². The Morgan fingerprint density at radius 1 is 1.14 bits per heavy atom. The normalized spacial score (nSPS) is 17.7. The second-order valence-electron chi connectivity index (χ2n) is 9.74. The summed E-state index contributed by atoms with van der Waals surface area (Å²) in [7, 11) is 0. The van der Waals surface area contributed by atoms with E-state index in [1.165, 1.54) is 16.2 Å². The van der Waals surface area contributed by atoms with Gasteiger partial charge in [0.15, 0.2) is 6.10 Å². The van der Waals surface area contributed by atoms with Crippen molar-refractivity contribution in [2.75, 3.05) is 13.1 Å². The molecule has 1 atom stereocenters. The van der Waals surface area contributed by atoms with Crippen molar-refractivity contribution in [3.8, 4) is 5.75 Å².